The normalized spacial score (nSPS) is 24.4. The Morgan fingerprint density at radius 2 is 2.07 bits per heavy atom. The molecule has 0 amide bonds. The minimum atomic E-state index is 0.202. The Morgan fingerprint density at radius 3 is 2.53 bits per heavy atom. The summed E-state index contributed by atoms with van der Waals surface area (Å²) < 4.78 is 5.54. The maximum absolute atomic E-state index is 5.54. The fourth-order valence-corrected chi connectivity index (χ4v) is 2.90. The quantitative estimate of drug-likeness (QED) is 0.733. The summed E-state index contributed by atoms with van der Waals surface area (Å²) in [6, 6.07) is 0. The molecule has 15 heavy (non-hydrogen) atoms. The number of ether oxygens (including phenoxy) is 1. The van der Waals surface area contributed by atoms with Gasteiger partial charge in [-0.15, -0.1) is 0 Å². The molecule has 2 nitrogen and oxygen atoms in total. The average molecular weight is 278 g/mol. The van der Waals surface area contributed by atoms with Crippen LogP contribution in [0.5, 0.6) is 0 Å². The highest BCUT2D eigenvalue weighted by Gasteiger charge is 2.32. The molecule has 1 heterocycles. The number of hydrogen-bond donors (Lipinski definition) is 0. The van der Waals surface area contributed by atoms with Gasteiger partial charge in [0.2, 0.25) is 0 Å². The van der Waals surface area contributed by atoms with Gasteiger partial charge in [0, 0.05) is 24.0 Å². The van der Waals surface area contributed by atoms with E-state index in [0.717, 1.165) is 36.9 Å². The van der Waals surface area contributed by atoms with Gasteiger partial charge in [-0.25, -0.2) is 0 Å². The van der Waals surface area contributed by atoms with Crippen LogP contribution in [0.1, 0.15) is 27.7 Å². The van der Waals surface area contributed by atoms with E-state index in [2.05, 4.69) is 48.5 Å². The highest BCUT2D eigenvalue weighted by Crippen LogP contribution is 2.23. The zero-order chi connectivity index (χ0) is 11.5. The predicted octanol–water partition coefficient (Wildman–Crippen LogP) is 2.76. The first-order valence-corrected chi connectivity index (χ1v) is 6.98. The molecule has 0 aromatic heterocycles. The van der Waals surface area contributed by atoms with E-state index in [1.807, 2.05) is 0 Å². The van der Waals surface area contributed by atoms with Crippen LogP contribution in [0.2, 0.25) is 0 Å². The molecule has 3 heteroatoms. The van der Waals surface area contributed by atoms with Crippen LogP contribution < -0.4 is 0 Å². The van der Waals surface area contributed by atoms with Crippen molar-refractivity contribution in [2.45, 2.75) is 33.2 Å². The molecule has 0 N–H and O–H groups in total. The average Bonchev–Trinajstić information content (AvgIpc) is 2.15. The van der Waals surface area contributed by atoms with Crippen molar-refractivity contribution >= 4 is 15.9 Å². The Kier molecular flexibility index (Phi) is 5.07. The molecule has 1 aliphatic heterocycles. The van der Waals surface area contributed by atoms with Crippen LogP contribution in [0.4, 0.5) is 0 Å². The second kappa shape index (κ2) is 5.65. The predicted molar refractivity (Wildman–Crippen MR) is 68.6 cm³/mol. The number of nitrogens with zero attached hydrogens (tertiary/aromatic N) is 1. The summed E-state index contributed by atoms with van der Waals surface area (Å²) in [6.45, 7) is 13.2. The first-order chi connectivity index (χ1) is 6.97. The van der Waals surface area contributed by atoms with Gasteiger partial charge < -0.3 is 4.74 Å². The second-order valence-electron chi connectivity index (χ2n) is 5.47. The van der Waals surface area contributed by atoms with Crippen molar-refractivity contribution in [2.75, 3.05) is 31.6 Å². The zero-order valence-corrected chi connectivity index (χ0v) is 12.0. The lowest BCUT2D eigenvalue weighted by atomic mass is 9.94. The van der Waals surface area contributed by atoms with E-state index in [1.54, 1.807) is 0 Å². The van der Waals surface area contributed by atoms with Gasteiger partial charge >= 0.3 is 0 Å². The molecule has 1 rings (SSSR count). The van der Waals surface area contributed by atoms with E-state index in [4.69, 9.17) is 4.74 Å². The van der Waals surface area contributed by atoms with Crippen LogP contribution in [0.3, 0.4) is 0 Å². The number of halogens is 1. The Labute approximate surface area is 102 Å². The first-order valence-electron chi connectivity index (χ1n) is 5.86. The largest absolute Gasteiger partial charge is 0.378 e. The molecular weight excluding hydrogens is 254 g/mol. The Bertz CT molecular complexity index is 194. The molecule has 0 aromatic carbocycles. The van der Waals surface area contributed by atoms with E-state index in [9.17, 15) is 0 Å². The number of rotatable bonds is 4. The maximum Gasteiger partial charge on any atom is 0.0645 e. The summed E-state index contributed by atoms with van der Waals surface area (Å²) in [4.78, 5) is 2.57. The van der Waals surface area contributed by atoms with Crippen molar-refractivity contribution in [3.05, 3.63) is 0 Å². The first kappa shape index (κ1) is 13.5. The van der Waals surface area contributed by atoms with Gasteiger partial charge in [0.05, 0.1) is 13.2 Å². The molecule has 0 saturated carbocycles. The lowest BCUT2D eigenvalue weighted by Crippen LogP contribution is -2.54. The fourth-order valence-electron chi connectivity index (χ4n) is 1.95. The minimum Gasteiger partial charge on any atom is -0.378 e. The van der Waals surface area contributed by atoms with Gasteiger partial charge in [-0.3, -0.25) is 4.90 Å². The molecule has 0 aromatic rings. The zero-order valence-electron chi connectivity index (χ0n) is 10.4. The van der Waals surface area contributed by atoms with Crippen molar-refractivity contribution in [2.24, 2.45) is 11.8 Å². The number of alkyl halides is 1. The Hall–Kier alpha value is 0.400. The van der Waals surface area contributed by atoms with E-state index < -0.39 is 0 Å². The van der Waals surface area contributed by atoms with Gasteiger partial charge in [0.15, 0.2) is 0 Å². The van der Waals surface area contributed by atoms with Crippen molar-refractivity contribution < 1.29 is 4.74 Å². The van der Waals surface area contributed by atoms with Crippen LogP contribution in [-0.2, 0) is 4.74 Å². The molecule has 90 valence electrons. The molecule has 0 radical (unpaired) electrons. The van der Waals surface area contributed by atoms with Crippen LogP contribution in [0.15, 0.2) is 0 Å². The Morgan fingerprint density at radius 1 is 1.40 bits per heavy atom. The van der Waals surface area contributed by atoms with Gasteiger partial charge in [0.25, 0.3) is 0 Å². The molecule has 0 bridgehead atoms. The molecular formula is C12H24BrNO. The van der Waals surface area contributed by atoms with Gasteiger partial charge in [-0.05, 0) is 25.7 Å². The lowest BCUT2D eigenvalue weighted by molar-refractivity contribution is -0.0581. The summed E-state index contributed by atoms with van der Waals surface area (Å²) in [6.07, 6.45) is 0. The lowest BCUT2D eigenvalue weighted by Gasteiger charge is -2.44. The SMILES string of the molecule is CC(C)C(CBr)CN1CCOCC1(C)C. The third-order valence-corrected chi connectivity index (χ3v) is 4.24. The maximum atomic E-state index is 5.54. The molecule has 1 atom stereocenters. The molecule has 0 spiro atoms. The van der Waals surface area contributed by atoms with E-state index in [-0.39, 0.29) is 5.54 Å². The summed E-state index contributed by atoms with van der Waals surface area (Å²) >= 11 is 3.62. The van der Waals surface area contributed by atoms with Crippen molar-refractivity contribution in [3.63, 3.8) is 0 Å². The molecule has 0 aliphatic carbocycles. The summed E-state index contributed by atoms with van der Waals surface area (Å²) in [5, 5.41) is 1.10. The highest BCUT2D eigenvalue weighted by molar-refractivity contribution is 9.09. The molecule has 1 saturated heterocycles. The smallest absolute Gasteiger partial charge is 0.0645 e. The van der Waals surface area contributed by atoms with Crippen LogP contribution >= 0.6 is 15.9 Å². The third-order valence-electron chi connectivity index (χ3n) is 3.41. The Balaban J connectivity index is 2.54. The monoisotopic (exact) mass is 277 g/mol. The van der Waals surface area contributed by atoms with Crippen LogP contribution in [-0.4, -0.2) is 42.1 Å². The van der Waals surface area contributed by atoms with Gasteiger partial charge in [-0.2, -0.15) is 0 Å². The van der Waals surface area contributed by atoms with Crippen molar-refractivity contribution in [1.29, 1.82) is 0 Å². The summed E-state index contributed by atoms with van der Waals surface area (Å²) in [7, 11) is 0. The summed E-state index contributed by atoms with van der Waals surface area (Å²) in [5.41, 5.74) is 0.202. The molecule has 1 unspecified atom stereocenters. The summed E-state index contributed by atoms with van der Waals surface area (Å²) in [5.74, 6) is 1.48. The van der Waals surface area contributed by atoms with E-state index >= 15 is 0 Å². The van der Waals surface area contributed by atoms with E-state index in [1.165, 1.54) is 6.54 Å². The number of morpholine rings is 1. The van der Waals surface area contributed by atoms with E-state index in [0.29, 0.717) is 0 Å². The number of hydrogen-bond acceptors (Lipinski definition) is 2. The standard InChI is InChI=1S/C12H24BrNO/c1-10(2)11(7-13)8-14-5-6-15-9-12(14,3)4/h10-11H,5-9H2,1-4H3. The minimum absolute atomic E-state index is 0.202. The topological polar surface area (TPSA) is 12.5 Å². The highest BCUT2D eigenvalue weighted by atomic mass is 79.9. The van der Waals surface area contributed by atoms with Crippen molar-refractivity contribution in [1.82, 2.24) is 4.90 Å². The third kappa shape index (κ3) is 3.72. The van der Waals surface area contributed by atoms with Gasteiger partial charge in [-0.1, -0.05) is 29.8 Å². The fraction of sp³-hybridized carbons (Fsp3) is 1.00. The molecule has 1 fully saturated rings. The van der Waals surface area contributed by atoms with Crippen molar-refractivity contribution in [3.8, 4) is 0 Å². The van der Waals surface area contributed by atoms with Crippen LogP contribution in [0.25, 0.3) is 0 Å². The molecule has 1 aliphatic rings. The van der Waals surface area contributed by atoms with Crippen LogP contribution in [0, 0.1) is 11.8 Å². The van der Waals surface area contributed by atoms with Gasteiger partial charge in [0.1, 0.15) is 0 Å². The second-order valence-corrected chi connectivity index (χ2v) is 6.12.